The Morgan fingerprint density at radius 1 is 1.44 bits per heavy atom. The van der Waals surface area contributed by atoms with Crippen molar-refractivity contribution >= 4 is 0 Å². The summed E-state index contributed by atoms with van der Waals surface area (Å²) in [4.78, 5) is 10.7. The molecule has 0 bridgehead atoms. The summed E-state index contributed by atoms with van der Waals surface area (Å²) in [6, 6.07) is 0.263. The minimum atomic E-state index is 0.130. The molecule has 0 aliphatic carbocycles. The lowest BCUT2D eigenvalue weighted by Crippen LogP contribution is -2.38. The SMILES string of the molecule is CC(c1cnccn1)N(C)CC(C)(C)CN. The van der Waals surface area contributed by atoms with Crippen molar-refractivity contribution in [2.75, 3.05) is 20.1 Å². The Hall–Kier alpha value is -1.00. The van der Waals surface area contributed by atoms with Gasteiger partial charge in [0.2, 0.25) is 0 Å². The molecule has 0 amide bonds. The van der Waals surface area contributed by atoms with E-state index in [4.69, 9.17) is 5.73 Å². The highest BCUT2D eigenvalue weighted by Crippen LogP contribution is 2.21. The number of nitrogens with two attached hydrogens (primary N) is 1. The second-order valence-electron chi connectivity index (χ2n) is 5.09. The molecular formula is C12H22N4. The first-order valence-electron chi connectivity index (χ1n) is 5.62. The number of hydrogen-bond acceptors (Lipinski definition) is 4. The maximum atomic E-state index is 5.74. The van der Waals surface area contributed by atoms with Crippen LogP contribution in [0.3, 0.4) is 0 Å². The average molecular weight is 222 g/mol. The van der Waals surface area contributed by atoms with E-state index in [1.165, 1.54) is 0 Å². The molecular weight excluding hydrogens is 200 g/mol. The minimum Gasteiger partial charge on any atom is -0.330 e. The van der Waals surface area contributed by atoms with Gasteiger partial charge in [-0.2, -0.15) is 0 Å². The fraction of sp³-hybridized carbons (Fsp3) is 0.667. The van der Waals surface area contributed by atoms with Crippen LogP contribution in [0.15, 0.2) is 18.6 Å². The lowest BCUT2D eigenvalue weighted by atomic mass is 9.92. The van der Waals surface area contributed by atoms with Crippen molar-refractivity contribution in [2.24, 2.45) is 11.1 Å². The normalized spacial score (nSPS) is 14.1. The first-order chi connectivity index (χ1) is 7.46. The van der Waals surface area contributed by atoms with E-state index < -0.39 is 0 Å². The zero-order chi connectivity index (χ0) is 12.2. The van der Waals surface area contributed by atoms with Gasteiger partial charge in [-0.25, -0.2) is 0 Å². The van der Waals surface area contributed by atoms with Crippen LogP contribution in [0, 0.1) is 5.41 Å². The summed E-state index contributed by atoms with van der Waals surface area (Å²) in [5.41, 5.74) is 6.87. The van der Waals surface area contributed by atoms with Crippen LogP contribution in [0.1, 0.15) is 32.5 Å². The molecule has 16 heavy (non-hydrogen) atoms. The summed E-state index contributed by atoms with van der Waals surface area (Å²) in [7, 11) is 2.09. The third-order valence-electron chi connectivity index (χ3n) is 2.90. The standard InChI is InChI=1S/C12H22N4/c1-10(11-7-14-5-6-15-11)16(4)9-12(2,3)8-13/h5-7,10H,8-9,13H2,1-4H3. The third-order valence-corrected chi connectivity index (χ3v) is 2.90. The molecule has 1 atom stereocenters. The van der Waals surface area contributed by atoms with E-state index in [-0.39, 0.29) is 11.5 Å². The van der Waals surface area contributed by atoms with E-state index in [1.54, 1.807) is 12.4 Å². The van der Waals surface area contributed by atoms with Gasteiger partial charge >= 0.3 is 0 Å². The highest BCUT2D eigenvalue weighted by molar-refractivity contribution is 5.01. The van der Waals surface area contributed by atoms with Crippen molar-refractivity contribution in [1.82, 2.24) is 14.9 Å². The number of rotatable bonds is 5. The molecule has 1 aromatic rings. The molecule has 4 nitrogen and oxygen atoms in total. The van der Waals surface area contributed by atoms with Crippen molar-refractivity contribution in [2.45, 2.75) is 26.8 Å². The van der Waals surface area contributed by atoms with E-state index in [9.17, 15) is 0 Å². The van der Waals surface area contributed by atoms with Crippen molar-refractivity contribution in [3.05, 3.63) is 24.3 Å². The van der Waals surface area contributed by atoms with Gasteiger partial charge in [-0.05, 0) is 25.9 Å². The predicted molar refractivity (Wildman–Crippen MR) is 65.9 cm³/mol. The van der Waals surface area contributed by atoms with E-state index in [1.807, 2.05) is 6.20 Å². The Balaban J connectivity index is 2.65. The van der Waals surface area contributed by atoms with Crippen molar-refractivity contribution in [1.29, 1.82) is 0 Å². The Labute approximate surface area is 97.9 Å². The fourth-order valence-electron chi connectivity index (χ4n) is 1.63. The molecule has 0 aromatic carbocycles. The molecule has 0 aliphatic rings. The molecule has 0 saturated carbocycles. The second kappa shape index (κ2) is 5.37. The first-order valence-corrected chi connectivity index (χ1v) is 5.62. The monoisotopic (exact) mass is 222 g/mol. The number of aromatic nitrogens is 2. The summed E-state index contributed by atoms with van der Waals surface area (Å²) in [6.07, 6.45) is 5.24. The molecule has 90 valence electrons. The topological polar surface area (TPSA) is 55.0 Å². The Morgan fingerprint density at radius 3 is 2.62 bits per heavy atom. The van der Waals surface area contributed by atoms with E-state index >= 15 is 0 Å². The van der Waals surface area contributed by atoms with Crippen LogP contribution in [0.4, 0.5) is 0 Å². The lowest BCUT2D eigenvalue weighted by molar-refractivity contribution is 0.171. The summed E-state index contributed by atoms with van der Waals surface area (Å²) in [6.45, 7) is 8.11. The van der Waals surface area contributed by atoms with Crippen molar-refractivity contribution < 1.29 is 0 Å². The molecule has 0 radical (unpaired) electrons. The molecule has 1 rings (SSSR count). The molecule has 1 heterocycles. The van der Waals surface area contributed by atoms with Gasteiger partial charge in [-0.3, -0.25) is 14.9 Å². The quantitative estimate of drug-likeness (QED) is 0.819. The highest BCUT2D eigenvalue weighted by atomic mass is 15.1. The molecule has 1 unspecified atom stereocenters. The van der Waals surface area contributed by atoms with Gasteiger partial charge in [-0.15, -0.1) is 0 Å². The zero-order valence-electron chi connectivity index (χ0n) is 10.6. The summed E-state index contributed by atoms with van der Waals surface area (Å²) < 4.78 is 0. The zero-order valence-corrected chi connectivity index (χ0v) is 10.6. The third kappa shape index (κ3) is 3.54. The maximum Gasteiger partial charge on any atom is 0.0755 e. The smallest absolute Gasteiger partial charge is 0.0755 e. The minimum absolute atomic E-state index is 0.130. The average Bonchev–Trinajstić information content (AvgIpc) is 2.28. The van der Waals surface area contributed by atoms with Crippen LogP contribution < -0.4 is 5.73 Å². The number of hydrogen-bond donors (Lipinski definition) is 1. The van der Waals surface area contributed by atoms with Gasteiger partial charge in [0.05, 0.1) is 11.7 Å². The van der Waals surface area contributed by atoms with Gasteiger partial charge in [0, 0.05) is 25.1 Å². The Morgan fingerprint density at radius 2 is 2.12 bits per heavy atom. The van der Waals surface area contributed by atoms with Crippen molar-refractivity contribution in [3.63, 3.8) is 0 Å². The molecule has 0 aliphatic heterocycles. The largest absolute Gasteiger partial charge is 0.330 e. The van der Waals surface area contributed by atoms with Crippen LogP contribution in [-0.4, -0.2) is 35.0 Å². The van der Waals surface area contributed by atoms with E-state index in [2.05, 4.69) is 42.7 Å². The predicted octanol–water partition coefficient (Wildman–Crippen LogP) is 1.45. The van der Waals surface area contributed by atoms with E-state index in [0.29, 0.717) is 6.54 Å². The summed E-state index contributed by atoms with van der Waals surface area (Å²) in [5.74, 6) is 0. The maximum absolute atomic E-state index is 5.74. The highest BCUT2D eigenvalue weighted by Gasteiger charge is 2.22. The second-order valence-corrected chi connectivity index (χ2v) is 5.09. The molecule has 2 N–H and O–H groups in total. The van der Waals surface area contributed by atoms with Crippen LogP contribution in [0.25, 0.3) is 0 Å². The van der Waals surface area contributed by atoms with Crippen LogP contribution in [-0.2, 0) is 0 Å². The molecule has 0 spiro atoms. The van der Waals surface area contributed by atoms with Gasteiger partial charge in [-0.1, -0.05) is 13.8 Å². The Bertz CT molecular complexity index is 310. The molecule has 1 aromatic heterocycles. The van der Waals surface area contributed by atoms with Gasteiger partial charge in [0.25, 0.3) is 0 Å². The van der Waals surface area contributed by atoms with Crippen LogP contribution in [0.5, 0.6) is 0 Å². The Kier molecular flexibility index (Phi) is 4.38. The molecule has 0 fully saturated rings. The van der Waals surface area contributed by atoms with Crippen molar-refractivity contribution in [3.8, 4) is 0 Å². The summed E-state index contributed by atoms with van der Waals surface area (Å²) in [5, 5.41) is 0. The van der Waals surface area contributed by atoms with Crippen LogP contribution in [0.2, 0.25) is 0 Å². The molecule has 0 saturated heterocycles. The lowest BCUT2D eigenvalue weighted by Gasteiger charge is -2.32. The number of nitrogens with zero attached hydrogens (tertiary/aromatic N) is 3. The summed E-state index contributed by atoms with van der Waals surface area (Å²) >= 11 is 0. The first kappa shape index (κ1) is 13.1. The van der Waals surface area contributed by atoms with Gasteiger partial charge in [0.15, 0.2) is 0 Å². The van der Waals surface area contributed by atoms with E-state index in [0.717, 1.165) is 12.2 Å². The van der Waals surface area contributed by atoms with Crippen LogP contribution >= 0.6 is 0 Å². The fourth-order valence-corrected chi connectivity index (χ4v) is 1.63. The van der Waals surface area contributed by atoms with Gasteiger partial charge < -0.3 is 5.73 Å². The van der Waals surface area contributed by atoms with Gasteiger partial charge in [0.1, 0.15) is 0 Å². The molecule has 4 heteroatoms.